The van der Waals surface area contributed by atoms with Gasteiger partial charge in [0.25, 0.3) is 0 Å². The number of ether oxygens (including phenoxy) is 1. The van der Waals surface area contributed by atoms with Gasteiger partial charge in [-0.25, -0.2) is 4.79 Å². The van der Waals surface area contributed by atoms with Gasteiger partial charge >= 0.3 is 5.97 Å². The number of benzene rings is 2. The average molecular weight is 304 g/mol. The van der Waals surface area contributed by atoms with Crippen LogP contribution in [0.2, 0.25) is 5.02 Å². The second-order valence-electron chi connectivity index (χ2n) is 4.76. The summed E-state index contributed by atoms with van der Waals surface area (Å²) >= 11 is 6.07. The topological polar surface area (TPSA) is 49.8 Å². The third-order valence-corrected chi connectivity index (χ3v) is 3.75. The highest BCUT2D eigenvalue weighted by molar-refractivity contribution is 6.34. The molecule has 0 aliphatic carbocycles. The molecule has 108 valence electrons. The Morgan fingerprint density at radius 2 is 1.90 bits per heavy atom. The molecule has 1 aliphatic heterocycles. The molecule has 0 radical (unpaired) electrons. The number of nitrogens with zero attached hydrogens (tertiary/aromatic N) is 1. The van der Waals surface area contributed by atoms with Gasteiger partial charge in [-0.15, -0.1) is 0 Å². The summed E-state index contributed by atoms with van der Waals surface area (Å²) in [7, 11) is 0. The molecule has 2 aromatic carbocycles. The van der Waals surface area contributed by atoms with Crippen molar-refractivity contribution in [1.29, 1.82) is 0 Å². The Morgan fingerprint density at radius 3 is 2.71 bits per heavy atom. The van der Waals surface area contributed by atoms with Crippen LogP contribution >= 0.6 is 11.6 Å². The van der Waals surface area contributed by atoms with Gasteiger partial charge in [0.15, 0.2) is 0 Å². The Kier molecular flexibility index (Phi) is 3.71. The van der Waals surface area contributed by atoms with E-state index in [1.54, 1.807) is 18.2 Å². The van der Waals surface area contributed by atoms with E-state index in [-0.39, 0.29) is 10.6 Å². The third kappa shape index (κ3) is 2.54. The Bertz CT molecular complexity index is 687. The molecule has 0 unspecified atom stereocenters. The molecule has 5 heteroatoms. The first-order valence-corrected chi connectivity index (χ1v) is 7.07. The van der Waals surface area contributed by atoms with Gasteiger partial charge in [-0.2, -0.15) is 0 Å². The zero-order chi connectivity index (χ0) is 14.8. The summed E-state index contributed by atoms with van der Waals surface area (Å²) < 4.78 is 5.71. The number of halogens is 1. The van der Waals surface area contributed by atoms with Crippen LogP contribution in [0.1, 0.15) is 16.8 Å². The van der Waals surface area contributed by atoms with Gasteiger partial charge < -0.3 is 14.7 Å². The monoisotopic (exact) mass is 303 g/mol. The van der Waals surface area contributed by atoms with Crippen LogP contribution in [0.4, 0.5) is 11.4 Å². The highest BCUT2D eigenvalue weighted by atomic mass is 35.5. The first kappa shape index (κ1) is 13.8. The average Bonchev–Trinajstić information content (AvgIpc) is 2.68. The predicted molar refractivity (Wildman–Crippen MR) is 82.0 cm³/mol. The lowest BCUT2D eigenvalue weighted by Crippen LogP contribution is -2.20. The normalized spacial score (nSPS) is 14.0. The van der Waals surface area contributed by atoms with E-state index >= 15 is 0 Å². The van der Waals surface area contributed by atoms with Crippen LogP contribution in [0.15, 0.2) is 42.5 Å². The number of rotatable bonds is 2. The molecule has 1 N–H and O–H groups in total. The minimum Gasteiger partial charge on any atom is -0.491 e. The number of carboxylic acid groups (broad SMARTS) is 1. The van der Waals surface area contributed by atoms with Crippen molar-refractivity contribution < 1.29 is 14.6 Å². The Labute approximate surface area is 127 Å². The number of hydrogen-bond acceptors (Lipinski definition) is 3. The molecular formula is C16H14ClNO3. The molecule has 3 rings (SSSR count). The first-order chi connectivity index (χ1) is 10.2. The molecule has 0 saturated heterocycles. The molecular weight excluding hydrogens is 290 g/mol. The zero-order valence-corrected chi connectivity index (χ0v) is 12.0. The first-order valence-electron chi connectivity index (χ1n) is 6.69. The van der Waals surface area contributed by atoms with Crippen molar-refractivity contribution in [3.8, 4) is 5.75 Å². The number of para-hydroxylation sites is 2. The summed E-state index contributed by atoms with van der Waals surface area (Å²) in [5, 5.41) is 9.69. The molecule has 0 spiro atoms. The van der Waals surface area contributed by atoms with Gasteiger partial charge in [-0.3, -0.25) is 0 Å². The minimum absolute atomic E-state index is 0.121. The summed E-state index contributed by atoms with van der Waals surface area (Å²) in [4.78, 5) is 13.5. The van der Waals surface area contributed by atoms with Crippen molar-refractivity contribution in [1.82, 2.24) is 0 Å². The van der Waals surface area contributed by atoms with E-state index in [9.17, 15) is 9.90 Å². The van der Waals surface area contributed by atoms with Crippen molar-refractivity contribution in [2.45, 2.75) is 6.42 Å². The molecule has 2 aromatic rings. The van der Waals surface area contributed by atoms with Gasteiger partial charge in [0.2, 0.25) is 0 Å². The van der Waals surface area contributed by atoms with Crippen molar-refractivity contribution in [3.05, 3.63) is 53.1 Å². The van der Waals surface area contributed by atoms with E-state index in [1.165, 1.54) is 0 Å². The maximum atomic E-state index is 11.5. The third-order valence-electron chi connectivity index (χ3n) is 3.44. The number of hydrogen-bond donors (Lipinski definition) is 1. The van der Waals surface area contributed by atoms with E-state index in [0.29, 0.717) is 18.8 Å². The Balaban J connectivity index is 2.17. The van der Waals surface area contributed by atoms with Gasteiger partial charge in [0.05, 0.1) is 23.0 Å². The van der Waals surface area contributed by atoms with E-state index in [4.69, 9.17) is 16.3 Å². The second kappa shape index (κ2) is 5.66. The number of carbonyl (C=O) groups is 1. The van der Waals surface area contributed by atoms with Crippen LogP contribution in [0.3, 0.4) is 0 Å². The smallest absolute Gasteiger partial charge is 0.339 e. The second-order valence-corrected chi connectivity index (χ2v) is 5.17. The fraction of sp³-hybridized carbons (Fsp3) is 0.188. The van der Waals surface area contributed by atoms with Gasteiger partial charge in [-0.1, -0.05) is 29.8 Å². The summed E-state index contributed by atoms with van der Waals surface area (Å²) in [5.74, 6) is -0.274. The minimum atomic E-state index is -1.03. The highest BCUT2D eigenvalue weighted by Crippen LogP contribution is 2.38. The fourth-order valence-electron chi connectivity index (χ4n) is 2.53. The molecule has 0 atom stereocenters. The molecule has 0 amide bonds. The summed E-state index contributed by atoms with van der Waals surface area (Å²) in [5.41, 5.74) is 1.57. The van der Waals surface area contributed by atoms with Crippen molar-refractivity contribution in [3.63, 3.8) is 0 Å². The van der Waals surface area contributed by atoms with Crippen molar-refractivity contribution >= 4 is 28.9 Å². The largest absolute Gasteiger partial charge is 0.491 e. The van der Waals surface area contributed by atoms with E-state index in [0.717, 1.165) is 17.9 Å². The number of carboxylic acids is 1. The van der Waals surface area contributed by atoms with Gasteiger partial charge in [0, 0.05) is 6.54 Å². The van der Waals surface area contributed by atoms with Crippen LogP contribution in [0.25, 0.3) is 0 Å². The van der Waals surface area contributed by atoms with Crippen LogP contribution in [-0.4, -0.2) is 24.2 Å². The van der Waals surface area contributed by atoms with Crippen LogP contribution < -0.4 is 9.64 Å². The zero-order valence-electron chi connectivity index (χ0n) is 11.3. The van der Waals surface area contributed by atoms with Crippen LogP contribution in [0, 0.1) is 0 Å². The molecule has 0 aromatic heterocycles. The molecule has 0 bridgehead atoms. The molecule has 21 heavy (non-hydrogen) atoms. The summed E-state index contributed by atoms with van der Waals surface area (Å²) in [6.07, 6.45) is 0.806. The van der Waals surface area contributed by atoms with E-state index < -0.39 is 5.97 Å². The molecule has 1 aliphatic rings. The van der Waals surface area contributed by atoms with Crippen LogP contribution in [-0.2, 0) is 0 Å². The van der Waals surface area contributed by atoms with Gasteiger partial charge in [-0.05, 0) is 30.7 Å². The lowest BCUT2D eigenvalue weighted by atomic mass is 10.1. The standard InChI is InChI=1S/C16H14ClNO3/c17-11-5-3-7-13(15(11)16(19)20)18-9-4-10-21-14-8-2-1-6-12(14)18/h1-3,5-8H,4,9-10H2,(H,19,20). The SMILES string of the molecule is O=C(O)c1c(Cl)cccc1N1CCCOc2ccccc21. The number of aromatic carboxylic acids is 1. The van der Waals surface area contributed by atoms with Crippen molar-refractivity contribution in [2.75, 3.05) is 18.1 Å². The molecule has 0 saturated carbocycles. The quantitative estimate of drug-likeness (QED) is 0.912. The number of anilines is 2. The Hall–Kier alpha value is -2.20. The molecule has 1 heterocycles. The van der Waals surface area contributed by atoms with E-state index in [2.05, 4.69) is 0 Å². The van der Waals surface area contributed by atoms with Gasteiger partial charge in [0.1, 0.15) is 11.3 Å². The lowest BCUT2D eigenvalue weighted by Gasteiger charge is -2.25. The summed E-state index contributed by atoms with van der Waals surface area (Å²) in [6.45, 7) is 1.29. The number of fused-ring (bicyclic) bond motifs is 1. The highest BCUT2D eigenvalue weighted by Gasteiger charge is 2.23. The molecule has 4 nitrogen and oxygen atoms in total. The van der Waals surface area contributed by atoms with Crippen molar-refractivity contribution in [2.24, 2.45) is 0 Å². The molecule has 0 fully saturated rings. The lowest BCUT2D eigenvalue weighted by molar-refractivity contribution is 0.0698. The fourth-order valence-corrected chi connectivity index (χ4v) is 2.78. The van der Waals surface area contributed by atoms with E-state index in [1.807, 2.05) is 29.2 Å². The Morgan fingerprint density at radius 1 is 1.14 bits per heavy atom. The maximum Gasteiger partial charge on any atom is 0.339 e. The summed E-state index contributed by atoms with van der Waals surface area (Å²) in [6, 6.07) is 12.8. The maximum absolute atomic E-state index is 11.5. The van der Waals surface area contributed by atoms with Crippen LogP contribution in [0.5, 0.6) is 5.75 Å². The predicted octanol–water partition coefficient (Wildman–Crippen LogP) is 3.96.